The molecule has 1 amide bonds. The van der Waals surface area contributed by atoms with E-state index < -0.39 is 29.5 Å². The standard InChI is InChI=1S/C11H8Cl2FNO3/c12-7-1-4(14)2-8(13)9(7)15-10(16)5-3-6(5)11(17)18/h1-2,5-6H,3H2,(H,15,16)(H,17,18). The Morgan fingerprint density at radius 2 is 1.83 bits per heavy atom. The summed E-state index contributed by atoms with van der Waals surface area (Å²) in [6.45, 7) is 0. The minimum atomic E-state index is -1.01. The molecule has 0 bridgehead atoms. The lowest BCUT2D eigenvalue weighted by molar-refractivity contribution is -0.139. The first-order valence-electron chi connectivity index (χ1n) is 5.08. The number of halogens is 3. The number of nitrogens with one attached hydrogen (secondary N) is 1. The summed E-state index contributed by atoms with van der Waals surface area (Å²) >= 11 is 11.5. The number of hydrogen-bond acceptors (Lipinski definition) is 2. The van der Waals surface area contributed by atoms with Crippen molar-refractivity contribution in [3.63, 3.8) is 0 Å². The second-order valence-corrected chi connectivity index (χ2v) is 4.84. The molecule has 2 rings (SSSR count). The molecular weight excluding hydrogens is 284 g/mol. The number of carbonyl (C=O) groups is 2. The van der Waals surface area contributed by atoms with E-state index in [1.807, 2.05) is 0 Å². The molecule has 0 heterocycles. The van der Waals surface area contributed by atoms with Gasteiger partial charge in [0.2, 0.25) is 5.91 Å². The Morgan fingerprint density at radius 3 is 2.28 bits per heavy atom. The zero-order valence-electron chi connectivity index (χ0n) is 8.91. The fourth-order valence-corrected chi connectivity index (χ4v) is 2.19. The molecule has 1 aliphatic carbocycles. The maximum Gasteiger partial charge on any atom is 0.307 e. The maximum atomic E-state index is 12.9. The van der Waals surface area contributed by atoms with Gasteiger partial charge in [-0.3, -0.25) is 9.59 Å². The highest BCUT2D eigenvalue weighted by Crippen LogP contribution is 2.40. The van der Waals surface area contributed by atoms with E-state index in [9.17, 15) is 14.0 Å². The highest BCUT2D eigenvalue weighted by molar-refractivity contribution is 6.39. The molecule has 0 radical (unpaired) electrons. The lowest BCUT2D eigenvalue weighted by atomic mass is 10.2. The van der Waals surface area contributed by atoms with Gasteiger partial charge >= 0.3 is 5.97 Å². The first-order chi connectivity index (χ1) is 8.40. The summed E-state index contributed by atoms with van der Waals surface area (Å²) in [5, 5.41) is 11.1. The third-order valence-electron chi connectivity index (χ3n) is 2.70. The second-order valence-electron chi connectivity index (χ2n) is 4.02. The van der Waals surface area contributed by atoms with Crippen molar-refractivity contribution in [3.05, 3.63) is 28.0 Å². The van der Waals surface area contributed by atoms with E-state index in [1.165, 1.54) is 0 Å². The summed E-state index contributed by atoms with van der Waals surface area (Å²) in [6, 6.07) is 2.04. The Balaban J connectivity index is 2.11. The predicted octanol–water partition coefficient (Wildman–Crippen LogP) is 2.79. The average molecular weight is 292 g/mol. The zero-order chi connectivity index (χ0) is 13.4. The van der Waals surface area contributed by atoms with Crippen LogP contribution in [-0.4, -0.2) is 17.0 Å². The summed E-state index contributed by atoms with van der Waals surface area (Å²) in [5.41, 5.74) is 0.0979. The maximum absolute atomic E-state index is 12.9. The molecule has 1 fully saturated rings. The van der Waals surface area contributed by atoms with Crippen molar-refractivity contribution in [2.45, 2.75) is 6.42 Å². The number of rotatable bonds is 3. The highest BCUT2D eigenvalue weighted by atomic mass is 35.5. The van der Waals surface area contributed by atoms with Crippen molar-refractivity contribution >= 4 is 40.8 Å². The number of anilines is 1. The van der Waals surface area contributed by atoms with E-state index in [-0.39, 0.29) is 22.2 Å². The lowest BCUT2D eigenvalue weighted by Gasteiger charge is -2.09. The highest BCUT2D eigenvalue weighted by Gasteiger charge is 2.48. The molecule has 96 valence electrons. The number of amides is 1. The largest absolute Gasteiger partial charge is 0.481 e. The SMILES string of the molecule is O=C(O)C1CC1C(=O)Nc1c(Cl)cc(F)cc1Cl. The summed E-state index contributed by atoms with van der Waals surface area (Å²) < 4.78 is 12.9. The Hall–Kier alpha value is -1.33. The van der Waals surface area contributed by atoms with Crippen molar-refractivity contribution in [1.29, 1.82) is 0 Å². The fraction of sp³-hybridized carbons (Fsp3) is 0.273. The first-order valence-corrected chi connectivity index (χ1v) is 5.84. The van der Waals surface area contributed by atoms with Gasteiger partial charge < -0.3 is 10.4 Å². The smallest absolute Gasteiger partial charge is 0.307 e. The van der Waals surface area contributed by atoms with Gasteiger partial charge in [0.25, 0.3) is 0 Å². The summed E-state index contributed by atoms with van der Waals surface area (Å²) in [4.78, 5) is 22.3. The van der Waals surface area contributed by atoms with Gasteiger partial charge in [-0.1, -0.05) is 23.2 Å². The molecule has 1 aliphatic rings. The van der Waals surface area contributed by atoms with E-state index >= 15 is 0 Å². The van der Waals surface area contributed by atoms with Crippen LogP contribution in [0.25, 0.3) is 0 Å². The Kier molecular flexibility index (Phi) is 3.45. The number of carbonyl (C=O) groups excluding carboxylic acids is 1. The van der Waals surface area contributed by atoms with Gasteiger partial charge in [0.15, 0.2) is 0 Å². The third-order valence-corrected chi connectivity index (χ3v) is 3.30. The Morgan fingerprint density at radius 1 is 1.28 bits per heavy atom. The van der Waals surface area contributed by atoms with Crippen molar-refractivity contribution in [1.82, 2.24) is 0 Å². The fourth-order valence-electron chi connectivity index (χ4n) is 1.64. The van der Waals surface area contributed by atoms with Crippen LogP contribution in [0.3, 0.4) is 0 Å². The van der Waals surface area contributed by atoms with Gasteiger partial charge in [-0.15, -0.1) is 0 Å². The summed E-state index contributed by atoms with van der Waals surface area (Å²) in [6.07, 6.45) is 0.289. The van der Waals surface area contributed by atoms with E-state index in [1.54, 1.807) is 0 Å². The monoisotopic (exact) mass is 291 g/mol. The quantitative estimate of drug-likeness (QED) is 0.900. The molecule has 7 heteroatoms. The normalized spacial score (nSPS) is 21.5. The topological polar surface area (TPSA) is 66.4 Å². The first kappa shape index (κ1) is 13.1. The molecule has 2 unspecified atom stereocenters. The van der Waals surface area contributed by atoms with Gasteiger partial charge in [-0.05, 0) is 18.6 Å². The molecule has 0 aliphatic heterocycles. The van der Waals surface area contributed by atoms with Crippen molar-refractivity contribution < 1.29 is 19.1 Å². The van der Waals surface area contributed by atoms with Gasteiger partial charge in [-0.2, -0.15) is 0 Å². The molecule has 1 saturated carbocycles. The number of hydrogen-bond donors (Lipinski definition) is 2. The van der Waals surface area contributed by atoms with Crippen molar-refractivity contribution in [3.8, 4) is 0 Å². The van der Waals surface area contributed by atoms with Crippen LogP contribution in [0.4, 0.5) is 10.1 Å². The number of carboxylic acid groups (broad SMARTS) is 1. The van der Waals surface area contributed by atoms with Crippen LogP contribution in [0.2, 0.25) is 10.0 Å². The predicted molar refractivity (Wildman–Crippen MR) is 64.3 cm³/mol. The van der Waals surface area contributed by atoms with Crippen LogP contribution in [0.5, 0.6) is 0 Å². The molecule has 2 N–H and O–H groups in total. The summed E-state index contributed by atoms with van der Waals surface area (Å²) in [5.74, 6) is -3.34. The van der Waals surface area contributed by atoms with Crippen LogP contribution in [0.15, 0.2) is 12.1 Å². The van der Waals surface area contributed by atoms with Gasteiger partial charge in [0.05, 0.1) is 27.6 Å². The second kappa shape index (κ2) is 4.74. The molecule has 1 aromatic carbocycles. The van der Waals surface area contributed by atoms with Crippen LogP contribution < -0.4 is 5.32 Å². The molecule has 4 nitrogen and oxygen atoms in total. The minimum Gasteiger partial charge on any atom is -0.481 e. The average Bonchev–Trinajstić information content (AvgIpc) is 3.02. The number of benzene rings is 1. The molecule has 0 spiro atoms. The van der Waals surface area contributed by atoms with E-state index in [0.717, 1.165) is 12.1 Å². The van der Waals surface area contributed by atoms with Crippen LogP contribution in [-0.2, 0) is 9.59 Å². The van der Waals surface area contributed by atoms with Gasteiger partial charge in [0.1, 0.15) is 5.82 Å². The zero-order valence-corrected chi connectivity index (χ0v) is 10.4. The number of aliphatic carboxylic acids is 1. The minimum absolute atomic E-state index is 0.0270. The molecule has 0 saturated heterocycles. The van der Waals surface area contributed by atoms with Crippen molar-refractivity contribution in [2.75, 3.05) is 5.32 Å². The molecule has 0 aromatic heterocycles. The van der Waals surface area contributed by atoms with Crippen LogP contribution >= 0.6 is 23.2 Å². The Labute approximate surface area is 112 Å². The van der Waals surface area contributed by atoms with Crippen molar-refractivity contribution in [2.24, 2.45) is 11.8 Å². The molecule has 18 heavy (non-hydrogen) atoms. The molecule has 2 atom stereocenters. The molecular formula is C11H8Cl2FNO3. The number of carboxylic acids is 1. The van der Waals surface area contributed by atoms with E-state index in [0.29, 0.717) is 0 Å². The molecule has 1 aromatic rings. The summed E-state index contributed by atoms with van der Waals surface area (Å²) in [7, 11) is 0. The van der Waals surface area contributed by atoms with Gasteiger partial charge in [0, 0.05) is 0 Å². The van der Waals surface area contributed by atoms with Crippen LogP contribution in [0, 0.1) is 17.7 Å². The van der Waals surface area contributed by atoms with E-state index in [4.69, 9.17) is 28.3 Å². The van der Waals surface area contributed by atoms with E-state index in [2.05, 4.69) is 5.32 Å². The third kappa shape index (κ3) is 2.57. The Bertz CT molecular complexity index is 512. The lowest BCUT2D eigenvalue weighted by Crippen LogP contribution is -2.17. The van der Waals surface area contributed by atoms with Gasteiger partial charge in [-0.25, -0.2) is 4.39 Å². The van der Waals surface area contributed by atoms with Crippen LogP contribution in [0.1, 0.15) is 6.42 Å².